The van der Waals surface area contributed by atoms with E-state index in [0.29, 0.717) is 12.5 Å². The Morgan fingerprint density at radius 3 is 3.00 bits per heavy atom. The molecule has 6 heteroatoms. The van der Waals surface area contributed by atoms with Gasteiger partial charge in [0.2, 0.25) is 5.91 Å². The van der Waals surface area contributed by atoms with Crippen LogP contribution in [0.5, 0.6) is 0 Å². The maximum absolute atomic E-state index is 12.9. The van der Waals surface area contributed by atoms with Crippen LogP contribution in [0.15, 0.2) is 30.5 Å². The summed E-state index contributed by atoms with van der Waals surface area (Å²) in [6.07, 6.45) is 3.78. The largest absolute Gasteiger partial charge is 0.323 e. The van der Waals surface area contributed by atoms with Crippen LogP contribution in [0.3, 0.4) is 0 Å². The van der Waals surface area contributed by atoms with E-state index in [4.69, 9.17) is 0 Å². The standard InChI is InChI=1S/C19H21FN4O/c1-14(25)22-18-12-21-23-19(18)16-5-3-11-24(13-16)10-2-4-15-6-8-17(20)9-7-15/h6-9,12,16H,3,5,10-11,13H2,1H3,(H,21,23)(H,22,25). The summed E-state index contributed by atoms with van der Waals surface area (Å²) in [5, 5.41) is 9.92. The highest BCUT2D eigenvalue weighted by Crippen LogP contribution is 2.30. The molecule has 2 N–H and O–H groups in total. The summed E-state index contributed by atoms with van der Waals surface area (Å²) in [5.41, 5.74) is 2.56. The molecule has 130 valence electrons. The molecule has 5 nitrogen and oxygen atoms in total. The number of halogens is 1. The molecular formula is C19H21FN4O. The van der Waals surface area contributed by atoms with Crippen LogP contribution in [-0.4, -0.2) is 40.6 Å². The minimum atomic E-state index is -0.251. The van der Waals surface area contributed by atoms with Gasteiger partial charge in [-0.05, 0) is 43.7 Å². The first-order chi connectivity index (χ1) is 12.1. The van der Waals surface area contributed by atoms with E-state index in [2.05, 4.69) is 32.3 Å². The highest BCUT2D eigenvalue weighted by atomic mass is 19.1. The molecule has 3 rings (SSSR count). The van der Waals surface area contributed by atoms with Crippen molar-refractivity contribution < 1.29 is 9.18 Å². The molecule has 1 aliphatic heterocycles. The lowest BCUT2D eigenvalue weighted by atomic mass is 9.94. The molecule has 1 atom stereocenters. The lowest BCUT2D eigenvalue weighted by Crippen LogP contribution is -2.35. The molecule has 1 aromatic heterocycles. The third kappa shape index (κ3) is 4.68. The van der Waals surface area contributed by atoms with Gasteiger partial charge in [-0.3, -0.25) is 14.8 Å². The third-order valence-electron chi connectivity index (χ3n) is 4.27. The molecule has 25 heavy (non-hydrogen) atoms. The fourth-order valence-corrected chi connectivity index (χ4v) is 3.12. The van der Waals surface area contributed by atoms with Crippen LogP contribution in [0.4, 0.5) is 10.1 Å². The number of hydrogen-bond donors (Lipinski definition) is 2. The van der Waals surface area contributed by atoms with Gasteiger partial charge >= 0.3 is 0 Å². The number of aromatic nitrogens is 2. The topological polar surface area (TPSA) is 61.0 Å². The molecule has 0 bridgehead atoms. The maximum atomic E-state index is 12.9. The highest BCUT2D eigenvalue weighted by Gasteiger charge is 2.24. The van der Waals surface area contributed by atoms with Crippen molar-refractivity contribution in [1.29, 1.82) is 0 Å². The van der Waals surface area contributed by atoms with E-state index in [1.54, 1.807) is 18.3 Å². The first-order valence-corrected chi connectivity index (χ1v) is 8.39. The number of hydrogen-bond acceptors (Lipinski definition) is 3. The van der Waals surface area contributed by atoms with Gasteiger partial charge in [0.15, 0.2) is 0 Å². The second-order valence-corrected chi connectivity index (χ2v) is 6.26. The zero-order valence-electron chi connectivity index (χ0n) is 14.2. The molecule has 0 radical (unpaired) electrons. The van der Waals surface area contributed by atoms with Crippen molar-refractivity contribution in [2.45, 2.75) is 25.7 Å². The second-order valence-electron chi connectivity index (χ2n) is 6.26. The number of anilines is 1. The summed E-state index contributed by atoms with van der Waals surface area (Å²) in [5.74, 6) is 6.18. The van der Waals surface area contributed by atoms with Crippen molar-refractivity contribution in [3.63, 3.8) is 0 Å². The Morgan fingerprint density at radius 1 is 1.44 bits per heavy atom. The highest BCUT2D eigenvalue weighted by molar-refractivity contribution is 5.89. The number of amides is 1. The number of nitrogens with zero attached hydrogens (tertiary/aromatic N) is 2. The smallest absolute Gasteiger partial charge is 0.221 e. The molecule has 1 saturated heterocycles. The lowest BCUT2D eigenvalue weighted by Gasteiger charge is -2.31. The number of carbonyl (C=O) groups excluding carboxylic acids is 1. The monoisotopic (exact) mass is 340 g/mol. The first-order valence-electron chi connectivity index (χ1n) is 8.39. The van der Waals surface area contributed by atoms with Gasteiger partial charge in [-0.15, -0.1) is 0 Å². The lowest BCUT2D eigenvalue weighted by molar-refractivity contribution is -0.114. The van der Waals surface area contributed by atoms with Crippen molar-refractivity contribution in [3.05, 3.63) is 47.5 Å². The normalized spacial score (nSPS) is 17.6. The van der Waals surface area contributed by atoms with Crippen LogP contribution in [0.2, 0.25) is 0 Å². The van der Waals surface area contributed by atoms with E-state index >= 15 is 0 Å². The first kappa shape index (κ1) is 17.2. The number of aromatic amines is 1. The predicted molar refractivity (Wildman–Crippen MR) is 94.6 cm³/mol. The number of carbonyl (C=O) groups is 1. The fourth-order valence-electron chi connectivity index (χ4n) is 3.12. The number of benzene rings is 1. The molecule has 2 aromatic rings. The zero-order chi connectivity index (χ0) is 17.6. The average molecular weight is 340 g/mol. The number of nitrogens with one attached hydrogen (secondary N) is 2. The average Bonchev–Trinajstić information content (AvgIpc) is 3.04. The summed E-state index contributed by atoms with van der Waals surface area (Å²) >= 11 is 0. The Kier molecular flexibility index (Phi) is 5.46. The van der Waals surface area contributed by atoms with Crippen molar-refractivity contribution >= 4 is 11.6 Å². The summed E-state index contributed by atoms with van der Waals surface area (Å²) in [6.45, 7) is 4.03. The second kappa shape index (κ2) is 7.95. The Labute approximate surface area is 146 Å². The van der Waals surface area contributed by atoms with E-state index in [-0.39, 0.29) is 11.7 Å². The Hall–Kier alpha value is -2.65. The minimum absolute atomic E-state index is 0.0968. The number of likely N-dealkylation sites (tertiary alicyclic amines) is 1. The molecular weight excluding hydrogens is 319 g/mol. The van der Waals surface area contributed by atoms with E-state index in [1.165, 1.54) is 19.1 Å². The van der Waals surface area contributed by atoms with Gasteiger partial charge in [0.05, 0.1) is 24.1 Å². The molecule has 1 aromatic carbocycles. The molecule has 1 unspecified atom stereocenters. The van der Waals surface area contributed by atoms with Crippen molar-refractivity contribution in [1.82, 2.24) is 15.1 Å². The molecule has 0 aliphatic carbocycles. The maximum Gasteiger partial charge on any atom is 0.221 e. The molecule has 0 saturated carbocycles. The van der Waals surface area contributed by atoms with Crippen molar-refractivity contribution in [2.75, 3.05) is 25.0 Å². The summed E-state index contributed by atoms with van der Waals surface area (Å²) in [4.78, 5) is 13.6. The third-order valence-corrected chi connectivity index (χ3v) is 4.27. The van der Waals surface area contributed by atoms with E-state index in [1.807, 2.05) is 0 Å². The molecule has 1 amide bonds. The van der Waals surface area contributed by atoms with Crippen LogP contribution in [0.25, 0.3) is 0 Å². The van der Waals surface area contributed by atoms with Gasteiger partial charge in [0, 0.05) is 24.9 Å². The molecule has 1 fully saturated rings. The van der Waals surface area contributed by atoms with E-state index < -0.39 is 0 Å². The van der Waals surface area contributed by atoms with Crippen molar-refractivity contribution in [3.8, 4) is 11.8 Å². The fraction of sp³-hybridized carbons (Fsp3) is 0.368. The Balaban J connectivity index is 1.61. The number of H-pyrrole nitrogens is 1. The van der Waals surface area contributed by atoms with Gasteiger partial charge < -0.3 is 5.32 Å². The molecule has 2 heterocycles. The van der Waals surface area contributed by atoms with Gasteiger partial charge in [-0.25, -0.2) is 4.39 Å². The van der Waals surface area contributed by atoms with Crippen LogP contribution in [0, 0.1) is 17.7 Å². The van der Waals surface area contributed by atoms with Gasteiger partial charge in [0.1, 0.15) is 5.82 Å². The van der Waals surface area contributed by atoms with E-state index in [0.717, 1.165) is 42.9 Å². The minimum Gasteiger partial charge on any atom is -0.323 e. The van der Waals surface area contributed by atoms with Crippen LogP contribution in [0.1, 0.15) is 36.9 Å². The zero-order valence-corrected chi connectivity index (χ0v) is 14.2. The summed E-state index contributed by atoms with van der Waals surface area (Å²) in [7, 11) is 0. The van der Waals surface area contributed by atoms with Crippen LogP contribution in [-0.2, 0) is 4.79 Å². The molecule has 1 aliphatic rings. The van der Waals surface area contributed by atoms with Crippen molar-refractivity contribution in [2.24, 2.45) is 0 Å². The van der Waals surface area contributed by atoms with Gasteiger partial charge in [-0.1, -0.05) is 11.8 Å². The SMILES string of the molecule is CC(=O)Nc1cn[nH]c1C1CCCN(CC#Cc2ccc(F)cc2)C1. The Bertz CT molecular complexity index is 788. The predicted octanol–water partition coefficient (Wildman–Crippen LogP) is 2.74. The van der Waals surface area contributed by atoms with Gasteiger partial charge in [-0.2, -0.15) is 5.10 Å². The Morgan fingerprint density at radius 2 is 2.24 bits per heavy atom. The number of rotatable bonds is 3. The summed E-state index contributed by atoms with van der Waals surface area (Å²) < 4.78 is 12.9. The van der Waals surface area contributed by atoms with Crippen LogP contribution >= 0.6 is 0 Å². The number of piperidine rings is 1. The summed E-state index contributed by atoms with van der Waals surface area (Å²) in [6, 6.07) is 6.21. The quantitative estimate of drug-likeness (QED) is 0.845. The van der Waals surface area contributed by atoms with Crippen LogP contribution < -0.4 is 5.32 Å². The van der Waals surface area contributed by atoms with Gasteiger partial charge in [0.25, 0.3) is 0 Å². The molecule has 0 spiro atoms. The van der Waals surface area contributed by atoms with E-state index in [9.17, 15) is 9.18 Å².